The van der Waals surface area contributed by atoms with Crippen molar-refractivity contribution in [3.8, 4) is 0 Å². The molecule has 3 heterocycles. The Morgan fingerprint density at radius 1 is 0.696 bits per heavy atom. The summed E-state index contributed by atoms with van der Waals surface area (Å²) in [6.45, 7) is 7.24. The van der Waals surface area contributed by atoms with E-state index in [4.69, 9.17) is 6.44 Å². The summed E-state index contributed by atoms with van der Waals surface area (Å²) in [4.78, 5) is 160. The van der Waals surface area contributed by atoms with Crippen molar-refractivity contribution in [2.24, 2.45) is 0 Å². The first kappa shape index (κ1) is 68.0. The Morgan fingerprint density at radius 2 is 1.03 bits per heavy atom. The Bertz CT molecular complexity index is 1770. The van der Waals surface area contributed by atoms with Crippen LogP contribution in [-0.2, 0) is 71.8 Å². The number of nitrogens with zero attached hydrogens (tertiary/aromatic N) is 3. The van der Waals surface area contributed by atoms with E-state index in [1.165, 1.54) is 72.8 Å². The van der Waals surface area contributed by atoms with E-state index in [0.717, 1.165) is 16.7 Å². The van der Waals surface area contributed by atoms with E-state index in [-0.39, 0.29) is 103 Å². The number of methoxy groups -OCH3 is 3. The third-order valence-corrected chi connectivity index (χ3v) is 11.4. The summed E-state index contributed by atoms with van der Waals surface area (Å²) in [5.74, 6) is -4.71. The molecule has 31 heteroatoms. The van der Waals surface area contributed by atoms with Crippen molar-refractivity contribution in [1.29, 1.82) is 1.34 Å². The second-order valence-corrected chi connectivity index (χ2v) is 16.2. The monoisotopic (exact) mass is 1250 g/mol. The molecule has 0 saturated carbocycles. The fraction of sp³-hybridized carbons (Fsp3) is 0.632. The largest absolute Gasteiger partial charge is 0.544 e. The van der Waals surface area contributed by atoms with Crippen LogP contribution in [0.4, 0.5) is 14.4 Å². The first-order chi connectivity index (χ1) is 32.1. The number of quaternary nitrogens is 1. The number of carboxylic acid groups (broad SMARTS) is 2. The maximum absolute atomic E-state index is 11.7. The van der Waals surface area contributed by atoms with Crippen molar-refractivity contribution in [3.63, 3.8) is 0 Å². The van der Waals surface area contributed by atoms with Gasteiger partial charge in [0.05, 0.1) is 49.9 Å². The molecule has 6 unspecified atom stereocenters. The fourth-order valence-corrected chi connectivity index (χ4v) is 7.15. The van der Waals surface area contributed by atoms with Crippen molar-refractivity contribution in [3.05, 3.63) is 0 Å². The topological polar surface area (TPSA) is 393 Å². The quantitative estimate of drug-likeness (QED) is 0.0569. The van der Waals surface area contributed by atoms with Crippen molar-refractivity contribution in [1.82, 2.24) is 30.8 Å². The molecule has 0 bridgehead atoms. The standard InChI is InChI=1S/2C11H16N2O5S.C6H7NO4.C6H11NO4.C4H9NO2.BH.U/c2*1-6(14)7(12-11(17)18-3)5-19-8-4-9(15)13(2)10(8)16;1-4(8)11-7-5(9)2-3-6(7)10;1-3-4(5(8)9)7-6(10)11-2;1-2-3(5)4(6)7;;/h2*7-8H,4-5H2,1-3H3,(H,12,17);2-3H2,1H3;4H,3H2,1-2H3,(H,7,10)(H,8,9);3H,2,5H2,1H3,(H,6,7);1H;/i;;;;;1T;. The minimum Gasteiger partial charge on any atom is -0.544 e. The predicted octanol–water partition coefficient (Wildman–Crippen LogP) is -3.49. The summed E-state index contributed by atoms with van der Waals surface area (Å²) in [7, 11) is 10.2. The minimum atomic E-state index is -1.07. The molecule has 2 radical (unpaired) electrons. The van der Waals surface area contributed by atoms with Gasteiger partial charge < -0.3 is 55.7 Å². The molecule has 3 rings (SSSR count). The van der Waals surface area contributed by atoms with Gasteiger partial charge in [-0.15, -0.1) is 28.6 Å². The molecule has 9 amide bonds. The molecule has 0 spiro atoms. The summed E-state index contributed by atoms with van der Waals surface area (Å²) in [5.41, 5.74) is 3.29. The average molecular weight is 1250 g/mol. The van der Waals surface area contributed by atoms with Gasteiger partial charge in [0.1, 0.15) is 12.1 Å². The number of ketones is 2. The van der Waals surface area contributed by atoms with E-state index >= 15 is 0 Å². The normalized spacial score (nSPS) is 17.3. The van der Waals surface area contributed by atoms with E-state index < -0.39 is 82.7 Å². The molecule has 3 aliphatic rings. The molecule has 69 heavy (non-hydrogen) atoms. The van der Waals surface area contributed by atoms with Crippen LogP contribution in [-0.4, -0.2) is 194 Å². The number of thioether (sulfide) groups is 2. The summed E-state index contributed by atoms with van der Waals surface area (Å²) >= 11 is 2.37. The Morgan fingerprint density at radius 3 is 1.23 bits per heavy atom. The third-order valence-electron chi connectivity index (χ3n) is 8.78. The Labute approximate surface area is 433 Å². The molecular weight excluding hydrogens is 1190 g/mol. The number of Topliss-reactive ketones (excluding diaryl/α,β-unsaturated/α-hetero) is 2. The molecule has 0 aromatic carbocycles. The maximum Gasteiger partial charge on any atom is 0.407 e. The van der Waals surface area contributed by atoms with Gasteiger partial charge >= 0.3 is 30.2 Å². The van der Waals surface area contributed by atoms with Crippen LogP contribution in [0, 0.1) is 31.1 Å². The van der Waals surface area contributed by atoms with Gasteiger partial charge in [0.25, 0.3) is 11.8 Å². The van der Waals surface area contributed by atoms with Crippen LogP contribution >= 0.6 is 23.5 Å². The van der Waals surface area contributed by atoms with Gasteiger partial charge in [-0.1, -0.05) is 13.8 Å². The van der Waals surface area contributed by atoms with Crippen molar-refractivity contribution >= 4 is 115 Å². The predicted molar refractivity (Wildman–Crippen MR) is 237 cm³/mol. The molecule has 0 aromatic rings. The van der Waals surface area contributed by atoms with Crippen molar-refractivity contribution < 1.29 is 133 Å². The van der Waals surface area contributed by atoms with Gasteiger partial charge in [-0.05, 0) is 21.6 Å². The number of hydrogen-bond donors (Lipinski definition) is 5. The van der Waals surface area contributed by atoms with Crippen LogP contribution in [0.1, 0.15) is 73.1 Å². The van der Waals surface area contributed by atoms with E-state index in [0.29, 0.717) is 17.9 Å². The zero-order valence-corrected chi connectivity index (χ0v) is 45.6. The zero-order valence-electron chi connectivity index (χ0n) is 40.8. The summed E-state index contributed by atoms with van der Waals surface area (Å²) in [6, 6.07) is -2.86. The average Bonchev–Trinajstić information content (AvgIpc) is 3.86. The van der Waals surface area contributed by atoms with Gasteiger partial charge in [0.15, 0.2) is 11.6 Å². The molecule has 0 aromatic heterocycles. The maximum atomic E-state index is 11.7. The van der Waals surface area contributed by atoms with E-state index in [1.54, 1.807) is 13.8 Å². The first-order valence-corrected chi connectivity index (χ1v) is 21.9. The Balaban J connectivity index is -0.000000400. The number of ether oxygens (including phenoxy) is 3. The number of aliphatic carboxylic acids is 2. The Kier molecular flexibility index (Phi) is 36.2. The number of likely N-dealkylation sites (tertiary alicyclic amines) is 2. The molecule has 27 nitrogen and oxygen atoms in total. The number of carboxylic acids is 2. The number of carbonyl (C=O) groups excluding carboxylic acids is 13. The second kappa shape index (κ2) is 36.7. The van der Waals surface area contributed by atoms with Gasteiger partial charge in [0, 0.05) is 104 Å². The molecule has 3 saturated heterocycles. The number of amides is 9. The second-order valence-electron chi connectivity index (χ2n) is 13.8. The molecular formula is C38H60BN7O20S2U. The van der Waals surface area contributed by atoms with Crippen LogP contribution in [0.5, 0.6) is 0 Å². The molecule has 386 valence electrons. The van der Waals surface area contributed by atoms with Crippen LogP contribution in [0.25, 0.3) is 0 Å². The SMILES string of the molecule is CC(=O)ON1C(=O)CCC1=O.CCC(NC(=O)OC)C(=O)O.CCC([NH3+])C(=O)[O-].COC(=O)NC(CSC1CC(=O)N(C)C1=O)C(C)=O.COC(=O)NC(CSC1CC(=O)N(C)C1=O)C(C)=O.[3H][B].[U]. The molecule has 3 fully saturated rings. The molecule has 6 atom stereocenters. The van der Waals surface area contributed by atoms with Gasteiger partial charge in [-0.3, -0.25) is 48.2 Å². The number of hydroxylamine groups is 2. The van der Waals surface area contributed by atoms with E-state index in [9.17, 15) is 72.2 Å². The van der Waals surface area contributed by atoms with E-state index in [1.807, 2.05) is 0 Å². The first-order valence-electron chi connectivity index (χ1n) is 20.4. The number of imide groups is 3. The van der Waals surface area contributed by atoms with Gasteiger partial charge in [0.2, 0.25) is 23.6 Å². The summed E-state index contributed by atoms with van der Waals surface area (Å²) in [6.07, 6.45) is -0.728. The van der Waals surface area contributed by atoms with Crippen LogP contribution < -0.4 is 26.8 Å². The number of rotatable bonds is 16. The van der Waals surface area contributed by atoms with Crippen LogP contribution in [0.2, 0.25) is 0 Å². The number of nitrogens with one attached hydrogen (secondary N) is 3. The van der Waals surface area contributed by atoms with Gasteiger partial charge in [-0.25, -0.2) is 24.0 Å². The number of carbonyl (C=O) groups is 14. The van der Waals surface area contributed by atoms with Gasteiger partial charge in [-0.2, -0.15) is 0 Å². The molecule has 3 aliphatic heterocycles. The zero-order chi connectivity index (χ0) is 54.3. The van der Waals surface area contributed by atoms with Crippen LogP contribution in [0.15, 0.2) is 0 Å². The smallest absolute Gasteiger partial charge is 0.407 e. The number of alkyl carbamates (subject to hydrolysis) is 3. The molecule has 7 N–H and O–H groups in total. The van der Waals surface area contributed by atoms with Crippen molar-refractivity contribution in [2.45, 2.75) is 108 Å². The summed E-state index contributed by atoms with van der Waals surface area (Å²) in [5, 5.41) is 24.7. The van der Waals surface area contributed by atoms with Crippen molar-refractivity contribution in [2.75, 3.05) is 46.9 Å². The third kappa shape index (κ3) is 27.5. The van der Waals surface area contributed by atoms with E-state index in [2.05, 4.69) is 49.1 Å². The Hall–Kier alpha value is -5.24. The fourth-order valence-electron chi connectivity index (χ4n) is 4.55. The minimum absolute atomic E-state index is 0. The number of hydrogen-bond acceptors (Lipinski definition) is 21. The summed E-state index contributed by atoms with van der Waals surface area (Å²) < 4.78 is 18.3. The van der Waals surface area contributed by atoms with Crippen LogP contribution in [0.3, 0.4) is 0 Å². The molecule has 0 aliphatic carbocycles.